The summed E-state index contributed by atoms with van der Waals surface area (Å²) in [6, 6.07) is 18.6. The Balaban J connectivity index is 1.63. The maximum atomic E-state index is 12.1. The first kappa shape index (κ1) is 20.9. The van der Waals surface area contributed by atoms with Crippen LogP contribution in [0.2, 0.25) is 0 Å². The standard InChI is InChI=1S/C24H32N4O/c1-4-25-23(27-17-24(2,3)15-18-10-6-5-7-11-18)26-16-19-14-22(29)28-21-13-9-8-12-20(19)21/h5-13,19H,4,14-17H2,1-3H3,(H,28,29)(H2,25,26,27). The number of nitrogens with one attached hydrogen (secondary N) is 3. The number of rotatable bonds is 7. The zero-order valence-electron chi connectivity index (χ0n) is 17.7. The maximum absolute atomic E-state index is 12.1. The summed E-state index contributed by atoms with van der Waals surface area (Å²) in [5, 5.41) is 9.74. The van der Waals surface area contributed by atoms with E-state index in [2.05, 4.69) is 67.1 Å². The van der Waals surface area contributed by atoms with Gasteiger partial charge in [-0.25, -0.2) is 0 Å². The average Bonchev–Trinajstić information content (AvgIpc) is 2.70. The number of anilines is 1. The Morgan fingerprint density at radius 1 is 1.10 bits per heavy atom. The van der Waals surface area contributed by atoms with Crippen molar-refractivity contribution in [2.45, 2.75) is 39.5 Å². The van der Waals surface area contributed by atoms with E-state index in [9.17, 15) is 4.79 Å². The molecule has 0 fully saturated rings. The number of carbonyl (C=O) groups excluding carboxylic acids is 1. The minimum Gasteiger partial charge on any atom is -0.357 e. The Morgan fingerprint density at radius 3 is 2.59 bits per heavy atom. The summed E-state index contributed by atoms with van der Waals surface area (Å²) in [4.78, 5) is 16.9. The monoisotopic (exact) mass is 392 g/mol. The number of benzene rings is 2. The van der Waals surface area contributed by atoms with Crippen molar-refractivity contribution in [3.05, 3.63) is 65.7 Å². The van der Waals surface area contributed by atoms with E-state index in [1.54, 1.807) is 0 Å². The van der Waals surface area contributed by atoms with Crippen LogP contribution in [0.15, 0.2) is 59.6 Å². The zero-order chi connectivity index (χ0) is 20.7. The van der Waals surface area contributed by atoms with Crippen molar-refractivity contribution in [3.63, 3.8) is 0 Å². The Kier molecular flexibility index (Phi) is 6.91. The van der Waals surface area contributed by atoms with Crippen molar-refractivity contribution in [1.29, 1.82) is 0 Å². The summed E-state index contributed by atoms with van der Waals surface area (Å²) in [7, 11) is 0. The number of nitrogens with zero attached hydrogens (tertiary/aromatic N) is 1. The Labute approximate surface area is 174 Å². The lowest BCUT2D eigenvalue weighted by atomic mass is 9.86. The van der Waals surface area contributed by atoms with Crippen LogP contribution in [-0.2, 0) is 11.2 Å². The highest BCUT2D eigenvalue weighted by molar-refractivity contribution is 5.94. The minimum absolute atomic E-state index is 0.0566. The van der Waals surface area contributed by atoms with Crippen LogP contribution in [0.5, 0.6) is 0 Å². The molecule has 1 aliphatic heterocycles. The summed E-state index contributed by atoms with van der Waals surface area (Å²) in [6.45, 7) is 8.75. The second-order valence-corrected chi connectivity index (χ2v) is 8.44. The fourth-order valence-corrected chi connectivity index (χ4v) is 3.74. The molecule has 0 aliphatic carbocycles. The number of guanidine groups is 1. The van der Waals surface area contributed by atoms with Crippen LogP contribution < -0.4 is 16.0 Å². The van der Waals surface area contributed by atoms with E-state index in [0.29, 0.717) is 13.0 Å². The smallest absolute Gasteiger partial charge is 0.225 e. The number of aliphatic imine (C=N–C) groups is 1. The van der Waals surface area contributed by atoms with E-state index in [-0.39, 0.29) is 17.2 Å². The van der Waals surface area contributed by atoms with Crippen molar-refractivity contribution in [3.8, 4) is 0 Å². The van der Waals surface area contributed by atoms with Crippen LogP contribution in [0, 0.1) is 5.41 Å². The molecule has 0 saturated carbocycles. The van der Waals surface area contributed by atoms with E-state index in [0.717, 1.165) is 31.2 Å². The molecule has 2 aromatic carbocycles. The van der Waals surface area contributed by atoms with Crippen molar-refractivity contribution in [1.82, 2.24) is 10.6 Å². The molecule has 0 spiro atoms. The van der Waals surface area contributed by atoms with Gasteiger partial charge in [-0.3, -0.25) is 9.79 Å². The highest BCUT2D eigenvalue weighted by Crippen LogP contribution is 2.31. The van der Waals surface area contributed by atoms with E-state index < -0.39 is 0 Å². The van der Waals surface area contributed by atoms with E-state index >= 15 is 0 Å². The number of hydrogen-bond acceptors (Lipinski definition) is 2. The lowest BCUT2D eigenvalue weighted by Crippen LogP contribution is -2.41. The van der Waals surface area contributed by atoms with Crippen LogP contribution in [0.1, 0.15) is 44.2 Å². The molecule has 5 heteroatoms. The molecule has 3 rings (SSSR count). The highest BCUT2D eigenvalue weighted by Gasteiger charge is 2.25. The van der Waals surface area contributed by atoms with E-state index in [1.165, 1.54) is 11.1 Å². The molecule has 0 saturated heterocycles. The molecule has 5 nitrogen and oxygen atoms in total. The van der Waals surface area contributed by atoms with Crippen LogP contribution >= 0.6 is 0 Å². The lowest BCUT2D eigenvalue weighted by molar-refractivity contribution is -0.116. The summed E-state index contributed by atoms with van der Waals surface area (Å²) >= 11 is 0. The summed E-state index contributed by atoms with van der Waals surface area (Å²) in [5.74, 6) is 1.01. The first-order valence-corrected chi connectivity index (χ1v) is 10.4. The number of amides is 1. The quantitative estimate of drug-likeness (QED) is 0.494. The average molecular weight is 393 g/mol. The van der Waals surface area contributed by atoms with Gasteiger partial charge in [0.25, 0.3) is 0 Å². The number of hydrogen-bond donors (Lipinski definition) is 3. The van der Waals surface area contributed by atoms with Crippen molar-refractivity contribution in [2.24, 2.45) is 10.4 Å². The van der Waals surface area contributed by atoms with Gasteiger partial charge in [-0.05, 0) is 36.0 Å². The van der Waals surface area contributed by atoms with E-state index in [1.807, 2.05) is 24.3 Å². The van der Waals surface area contributed by atoms with Gasteiger partial charge in [0.05, 0.1) is 0 Å². The second-order valence-electron chi connectivity index (χ2n) is 8.44. The molecule has 154 valence electrons. The third-order valence-electron chi connectivity index (χ3n) is 5.16. The molecule has 0 bridgehead atoms. The molecule has 2 aromatic rings. The van der Waals surface area contributed by atoms with Crippen LogP contribution in [0.25, 0.3) is 0 Å². The Bertz CT molecular complexity index is 845. The SMILES string of the molecule is CCNC(=NCC(C)(C)Cc1ccccc1)NCC1CC(=O)Nc2ccccc21. The number of carbonyl (C=O) groups is 1. The van der Waals surface area contributed by atoms with Crippen molar-refractivity contribution < 1.29 is 4.79 Å². The summed E-state index contributed by atoms with van der Waals surface area (Å²) < 4.78 is 0. The normalized spacial score (nSPS) is 16.7. The molecule has 1 unspecified atom stereocenters. The molecule has 3 N–H and O–H groups in total. The lowest BCUT2D eigenvalue weighted by Gasteiger charge is -2.27. The second kappa shape index (κ2) is 9.59. The minimum atomic E-state index is 0.0566. The number of para-hydroxylation sites is 1. The molecule has 1 amide bonds. The summed E-state index contributed by atoms with van der Waals surface area (Å²) in [6.07, 6.45) is 1.47. The predicted molar refractivity (Wildman–Crippen MR) is 120 cm³/mol. The van der Waals surface area contributed by atoms with Crippen molar-refractivity contribution in [2.75, 3.05) is 25.0 Å². The maximum Gasteiger partial charge on any atom is 0.225 e. The van der Waals surface area contributed by atoms with Gasteiger partial charge < -0.3 is 16.0 Å². The van der Waals surface area contributed by atoms with Gasteiger partial charge >= 0.3 is 0 Å². The van der Waals surface area contributed by atoms with Gasteiger partial charge in [-0.15, -0.1) is 0 Å². The molecule has 1 atom stereocenters. The Morgan fingerprint density at radius 2 is 1.83 bits per heavy atom. The van der Waals surface area contributed by atoms with Gasteiger partial charge in [0, 0.05) is 37.7 Å². The molecule has 29 heavy (non-hydrogen) atoms. The third kappa shape index (κ3) is 6.08. The molecular formula is C24H32N4O. The van der Waals surface area contributed by atoms with Crippen LogP contribution in [-0.4, -0.2) is 31.5 Å². The first-order valence-electron chi connectivity index (χ1n) is 10.4. The van der Waals surface area contributed by atoms with Gasteiger partial charge in [-0.1, -0.05) is 62.4 Å². The fourth-order valence-electron chi connectivity index (χ4n) is 3.74. The molecule has 0 aromatic heterocycles. The fraction of sp³-hybridized carbons (Fsp3) is 0.417. The van der Waals surface area contributed by atoms with Crippen LogP contribution in [0.4, 0.5) is 5.69 Å². The topological polar surface area (TPSA) is 65.5 Å². The largest absolute Gasteiger partial charge is 0.357 e. The first-order chi connectivity index (χ1) is 14.0. The molecule has 1 aliphatic rings. The predicted octanol–water partition coefficient (Wildman–Crippen LogP) is 3.94. The van der Waals surface area contributed by atoms with E-state index in [4.69, 9.17) is 4.99 Å². The van der Waals surface area contributed by atoms with Gasteiger partial charge in [0.15, 0.2) is 5.96 Å². The van der Waals surface area contributed by atoms with Gasteiger partial charge in [0.2, 0.25) is 5.91 Å². The number of fused-ring (bicyclic) bond motifs is 1. The summed E-state index contributed by atoms with van der Waals surface area (Å²) in [5.41, 5.74) is 3.48. The Hall–Kier alpha value is -2.82. The zero-order valence-corrected chi connectivity index (χ0v) is 17.7. The molecule has 0 radical (unpaired) electrons. The van der Waals surface area contributed by atoms with Crippen molar-refractivity contribution >= 4 is 17.6 Å². The molecule has 1 heterocycles. The third-order valence-corrected chi connectivity index (χ3v) is 5.16. The van der Waals surface area contributed by atoms with Gasteiger partial charge in [0.1, 0.15) is 0 Å². The highest BCUT2D eigenvalue weighted by atomic mass is 16.1. The van der Waals surface area contributed by atoms with Gasteiger partial charge in [-0.2, -0.15) is 0 Å². The van der Waals surface area contributed by atoms with Crippen LogP contribution in [0.3, 0.4) is 0 Å². The molecular weight excluding hydrogens is 360 g/mol.